The van der Waals surface area contributed by atoms with Crippen LogP contribution in [-0.2, 0) is 14.4 Å². The van der Waals surface area contributed by atoms with Crippen molar-refractivity contribution in [1.29, 1.82) is 0 Å². The van der Waals surface area contributed by atoms with Gasteiger partial charge in [-0.05, 0) is 92.3 Å². The van der Waals surface area contributed by atoms with Crippen LogP contribution in [-0.4, -0.2) is 65.4 Å². The van der Waals surface area contributed by atoms with Gasteiger partial charge in [-0.3, -0.25) is 0 Å². The number of carboxylic acids is 3. The average molecular weight is 826 g/mol. The van der Waals surface area contributed by atoms with E-state index in [4.69, 9.17) is 50.9 Å². The Hall–Kier alpha value is -4.06. The predicted molar refractivity (Wildman–Crippen MR) is 207 cm³/mol. The minimum atomic E-state index is -1.14. The van der Waals surface area contributed by atoms with Gasteiger partial charge in [0.15, 0.2) is 15.2 Å². The summed E-state index contributed by atoms with van der Waals surface area (Å²) in [6.07, 6.45) is 0.0754. The molecule has 0 unspecified atom stereocenters. The summed E-state index contributed by atoms with van der Waals surface area (Å²) in [6.45, 7) is 0. The van der Waals surface area contributed by atoms with Gasteiger partial charge >= 0.3 is 17.4 Å². The van der Waals surface area contributed by atoms with Gasteiger partial charge in [0.25, 0.3) is 15.6 Å². The molecule has 0 aliphatic rings. The van der Waals surface area contributed by atoms with Crippen LogP contribution >= 0.6 is 70.7 Å². The molecule has 6 aromatic rings. The third kappa shape index (κ3) is 14.5. The molecule has 0 aliphatic carbocycles. The van der Waals surface area contributed by atoms with Crippen molar-refractivity contribution in [3.05, 3.63) is 72.8 Å². The first-order chi connectivity index (χ1) is 24.4. The Kier molecular flexibility index (Phi) is 17.5. The van der Waals surface area contributed by atoms with Gasteiger partial charge in [0.1, 0.15) is 0 Å². The van der Waals surface area contributed by atoms with E-state index in [0.717, 1.165) is 30.6 Å². The van der Waals surface area contributed by atoms with Crippen LogP contribution in [0.1, 0.15) is 38.5 Å². The van der Waals surface area contributed by atoms with Crippen LogP contribution < -0.4 is 29.5 Å². The molecule has 12 nitrogen and oxygen atoms in total. The molecule has 0 atom stereocenters. The number of fused-ring (bicyclic) bond motifs is 3. The third-order valence-corrected chi connectivity index (χ3v) is 9.63. The molecule has 0 amide bonds. The number of carbonyl (C=O) groups excluding carboxylic acids is 3. The molecule has 264 valence electrons. The Morgan fingerprint density at radius 1 is 0.481 bits per heavy atom. The van der Waals surface area contributed by atoms with Crippen molar-refractivity contribution < 1.29 is 43.9 Å². The number of aliphatic carboxylic acids is 3. The smallest absolute Gasteiger partial charge is 0.550 e. The number of carboxylic acid groups (broad SMARTS) is 3. The van der Waals surface area contributed by atoms with Crippen LogP contribution in [0.5, 0.6) is 15.6 Å². The van der Waals surface area contributed by atoms with Gasteiger partial charge in [-0.2, -0.15) is 0 Å². The van der Waals surface area contributed by atoms with Crippen molar-refractivity contribution in [2.24, 2.45) is 0 Å². The van der Waals surface area contributed by atoms with E-state index in [2.05, 4.69) is 15.0 Å². The van der Waals surface area contributed by atoms with Crippen LogP contribution in [0.25, 0.3) is 30.6 Å². The van der Waals surface area contributed by atoms with Gasteiger partial charge in [-0.25, -0.2) is 15.0 Å². The number of nitrogens with zero attached hydrogens (tertiary/aromatic N) is 3. The Morgan fingerprint density at radius 2 is 0.731 bits per heavy atom. The molecular weight excluding hydrogens is 802 g/mol. The van der Waals surface area contributed by atoms with Gasteiger partial charge in [0.2, 0.25) is 0 Å². The first kappa shape index (κ1) is 42.4. The average Bonchev–Trinajstić information content (AvgIpc) is 3.81. The summed E-state index contributed by atoms with van der Waals surface area (Å²) in [5, 5.41) is 32.7. The van der Waals surface area contributed by atoms with E-state index in [1.807, 2.05) is 72.8 Å². The molecule has 0 N–H and O–H groups in total. The van der Waals surface area contributed by atoms with E-state index in [0.29, 0.717) is 15.6 Å². The van der Waals surface area contributed by atoms with Crippen molar-refractivity contribution in [2.45, 2.75) is 38.5 Å². The summed E-state index contributed by atoms with van der Waals surface area (Å²) in [7, 11) is 0. The van der Waals surface area contributed by atoms with Crippen LogP contribution in [0.15, 0.2) is 72.8 Å². The van der Waals surface area contributed by atoms with Gasteiger partial charge < -0.3 is 43.9 Å². The van der Waals surface area contributed by atoms with Crippen LogP contribution in [0.4, 0.5) is 0 Å². The Morgan fingerprint density at radius 3 is 0.962 bits per heavy atom. The number of hydrogen-bond acceptors (Lipinski definition) is 18. The van der Waals surface area contributed by atoms with Crippen molar-refractivity contribution in [1.82, 2.24) is 15.0 Å². The maximum atomic E-state index is 10.3. The number of benzene rings is 3. The first-order valence-electron chi connectivity index (χ1n) is 14.7. The number of rotatable bonds is 12. The topological polar surface area (TPSA) is 187 Å². The van der Waals surface area contributed by atoms with Gasteiger partial charge in [-0.15, -0.1) is 0 Å². The van der Waals surface area contributed by atoms with Crippen molar-refractivity contribution in [2.75, 3.05) is 0 Å². The normalized spacial score (nSPS) is 10.2. The number of aromatic nitrogens is 3. The molecule has 52 heavy (non-hydrogen) atoms. The molecule has 0 saturated heterocycles. The molecule has 0 aliphatic heterocycles. The molecule has 6 rings (SSSR count). The zero-order valence-electron chi connectivity index (χ0n) is 26.7. The van der Waals surface area contributed by atoms with Crippen molar-refractivity contribution in [3.63, 3.8) is 0 Å². The maximum Gasteiger partial charge on any atom is 3.00 e. The van der Waals surface area contributed by atoms with Gasteiger partial charge in [0.05, 0.1) is 30.6 Å². The maximum absolute atomic E-state index is 10.3. The second-order valence-corrected chi connectivity index (χ2v) is 14.2. The van der Waals surface area contributed by atoms with E-state index in [1.165, 1.54) is 34.0 Å². The SMILES string of the molecule is O=C([O-])CCC(=S)Oc1nc2ccccc2s1.O=C([O-])CCC(=S)Oc1nc2ccccc2s1.O=C([O-])CCC(=S)Oc1nc2ccccc2s1.[Al+3]. The summed E-state index contributed by atoms with van der Waals surface area (Å²) in [5.74, 6) is -3.42. The van der Waals surface area contributed by atoms with Crippen LogP contribution in [0, 0.1) is 0 Å². The summed E-state index contributed by atoms with van der Waals surface area (Å²) in [6, 6.07) is 22.9. The number of thiazole rings is 3. The molecule has 0 spiro atoms. The molecule has 0 saturated carbocycles. The number of para-hydroxylation sites is 3. The Labute approximate surface area is 335 Å². The minimum absolute atomic E-state index is 0. The fourth-order valence-electron chi connectivity index (χ4n) is 3.74. The Bertz CT molecular complexity index is 1840. The minimum Gasteiger partial charge on any atom is -0.550 e. The number of carbonyl (C=O) groups is 3. The quantitative estimate of drug-likeness (QED) is 0.126. The largest absolute Gasteiger partial charge is 3.00 e. The van der Waals surface area contributed by atoms with E-state index < -0.39 is 17.9 Å². The van der Waals surface area contributed by atoms with Crippen molar-refractivity contribution in [3.8, 4) is 15.6 Å². The van der Waals surface area contributed by atoms with E-state index in [9.17, 15) is 29.7 Å². The Balaban J connectivity index is 0.000000208. The standard InChI is InChI=1S/3C11H9NO3S2.Al/c3*13-9(14)5-6-10(16)15-11-12-7-3-1-2-4-8(7)17-11;/h3*1-4H,5-6H2,(H,13,14);/q;;;+3/p-3. The summed E-state index contributed by atoms with van der Waals surface area (Å²) >= 11 is 18.9. The monoisotopic (exact) mass is 825 g/mol. The second-order valence-electron chi connectivity index (χ2n) is 9.88. The molecular formula is C33H24AlN3O9S6. The number of ether oxygens (including phenoxy) is 3. The molecule has 19 heteroatoms. The second kappa shape index (κ2) is 21.5. The third-order valence-electron chi connectivity index (χ3n) is 6.03. The number of hydrogen-bond donors (Lipinski definition) is 0. The van der Waals surface area contributed by atoms with Crippen LogP contribution in [0.2, 0.25) is 0 Å². The molecule has 3 aromatic carbocycles. The predicted octanol–water partition coefficient (Wildman–Crippen LogP) is 4.22. The van der Waals surface area contributed by atoms with Crippen LogP contribution in [0.3, 0.4) is 0 Å². The molecule has 3 heterocycles. The van der Waals surface area contributed by atoms with E-state index in [-0.39, 0.29) is 71.0 Å². The molecule has 0 radical (unpaired) electrons. The summed E-state index contributed by atoms with van der Waals surface area (Å²) in [5.41, 5.74) is 2.53. The zero-order valence-corrected chi connectivity index (χ0v) is 32.8. The van der Waals surface area contributed by atoms with Gasteiger partial charge in [-0.1, -0.05) is 70.4 Å². The molecule has 0 bridgehead atoms. The fourth-order valence-corrected chi connectivity index (χ4v) is 6.96. The molecule has 3 aromatic heterocycles. The zero-order chi connectivity index (χ0) is 36.8. The fraction of sp³-hybridized carbons (Fsp3) is 0.182. The summed E-state index contributed by atoms with van der Waals surface area (Å²) < 4.78 is 18.9. The molecule has 0 fully saturated rings. The van der Waals surface area contributed by atoms with E-state index in [1.54, 1.807) is 0 Å². The van der Waals surface area contributed by atoms with Crippen molar-refractivity contribution >= 4 is 152 Å². The first-order valence-corrected chi connectivity index (χ1v) is 18.4. The summed E-state index contributed by atoms with van der Waals surface area (Å²) in [4.78, 5) is 43.4. The van der Waals surface area contributed by atoms with E-state index >= 15 is 0 Å². The number of thiocarbonyl (C=S) groups is 3. The van der Waals surface area contributed by atoms with Gasteiger partial charge in [0, 0.05) is 37.2 Å².